The van der Waals surface area contributed by atoms with Crippen LogP contribution < -0.4 is 15.4 Å². The molecule has 0 saturated heterocycles. The normalized spacial score (nSPS) is 14.1. The van der Waals surface area contributed by atoms with Crippen molar-refractivity contribution in [1.82, 2.24) is 4.98 Å². The van der Waals surface area contributed by atoms with E-state index in [0.29, 0.717) is 17.0 Å². The van der Waals surface area contributed by atoms with Gasteiger partial charge in [0.25, 0.3) is 15.9 Å². The van der Waals surface area contributed by atoms with Gasteiger partial charge < -0.3 is 10.6 Å². The van der Waals surface area contributed by atoms with E-state index in [0.717, 1.165) is 29.5 Å². The number of fused-ring (bicyclic) bond motifs is 1. The van der Waals surface area contributed by atoms with Crippen LogP contribution in [-0.4, -0.2) is 25.9 Å². The van der Waals surface area contributed by atoms with Crippen molar-refractivity contribution in [2.75, 3.05) is 16.2 Å². The molecule has 7 nitrogen and oxygen atoms in total. The summed E-state index contributed by atoms with van der Waals surface area (Å²) in [5, 5.41) is 0.378. The summed E-state index contributed by atoms with van der Waals surface area (Å²) in [6, 6.07) is 6.62. The Morgan fingerprint density at radius 3 is 2.44 bits per heavy atom. The molecule has 4 rings (SSSR count). The molecule has 0 radical (unpaired) electrons. The van der Waals surface area contributed by atoms with Crippen LogP contribution in [0.3, 0.4) is 0 Å². The maximum Gasteiger partial charge on any atom is 0.416 e. The van der Waals surface area contributed by atoms with E-state index in [1.54, 1.807) is 4.90 Å². The molecule has 34 heavy (non-hydrogen) atoms. The lowest BCUT2D eigenvalue weighted by atomic mass is 10.0. The number of sulfonamides is 1. The molecule has 0 saturated carbocycles. The number of benzene rings is 2. The van der Waals surface area contributed by atoms with Crippen molar-refractivity contribution in [1.29, 1.82) is 0 Å². The van der Waals surface area contributed by atoms with Crippen LogP contribution in [0.1, 0.15) is 26.5 Å². The first-order valence-corrected chi connectivity index (χ1v) is 12.6. The molecule has 1 aromatic heterocycles. The Balaban J connectivity index is 1.62. The summed E-state index contributed by atoms with van der Waals surface area (Å²) in [6.07, 6.45) is -4.27. The van der Waals surface area contributed by atoms with E-state index in [9.17, 15) is 26.4 Å². The largest absolute Gasteiger partial charge is 0.416 e. The van der Waals surface area contributed by atoms with E-state index in [-0.39, 0.29) is 44.4 Å². The van der Waals surface area contributed by atoms with Gasteiger partial charge in [0.15, 0.2) is 5.13 Å². The second kappa shape index (κ2) is 8.91. The average Bonchev–Trinajstić information content (AvgIpc) is 3.12. The van der Waals surface area contributed by atoms with Crippen LogP contribution in [0.2, 0.25) is 10.0 Å². The van der Waals surface area contributed by atoms with Crippen LogP contribution in [0.25, 0.3) is 0 Å². The highest BCUT2D eigenvalue weighted by Gasteiger charge is 2.33. The molecule has 1 amide bonds. The number of nitrogens with one attached hydrogen (secondary N) is 1. The Morgan fingerprint density at radius 1 is 1.15 bits per heavy atom. The minimum absolute atomic E-state index is 0.0419. The highest BCUT2D eigenvalue weighted by atomic mass is 35.5. The number of halogens is 5. The van der Waals surface area contributed by atoms with Gasteiger partial charge in [-0.1, -0.05) is 34.5 Å². The summed E-state index contributed by atoms with van der Waals surface area (Å²) < 4.78 is 67.5. The molecule has 1 aliphatic rings. The molecule has 2 heterocycles. The van der Waals surface area contributed by atoms with Crippen LogP contribution in [0, 0.1) is 0 Å². The number of anilines is 2. The van der Waals surface area contributed by atoms with Gasteiger partial charge in [-0.05, 0) is 36.4 Å². The predicted octanol–water partition coefficient (Wildman–Crippen LogP) is 4.93. The molecule has 180 valence electrons. The molecule has 0 aliphatic carbocycles. The first-order chi connectivity index (χ1) is 15.8. The number of nitrogens with two attached hydrogens (primary N) is 1. The minimum atomic E-state index is -4.59. The molecule has 3 aromatic rings. The second-order valence-electron chi connectivity index (χ2n) is 7.37. The number of thiazole rings is 1. The van der Waals surface area contributed by atoms with Gasteiger partial charge in [-0.3, -0.25) is 9.52 Å². The third-order valence-corrected chi connectivity index (χ3v) is 7.91. The van der Waals surface area contributed by atoms with Crippen molar-refractivity contribution < 1.29 is 26.4 Å². The second-order valence-corrected chi connectivity index (χ2v) is 11.0. The number of carbonyl (C=O) groups excluding carboxylic acids is 1. The van der Waals surface area contributed by atoms with Gasteiger partial charge in [0.1, 0.15) is 0 Å². The quantitative estimate of drug-likeness (QED) is 0.468. The van der Waals surface area contributed by atoms with E-state index in [1.165, 1.54) is 18.2 Å². The third-order valence-electron chi connectivity index (χ3n) is 5.03. The number of primary amides is 1. The van der Waals surface area contributed by atoms with E-state index in [2.05, 4.69) is 9.71 Å². The molecule has 2 aromatic carbocycles. The third kappa shape index (κ3) is 5.09. The Bertz CT molecular complexity index is 1370. The lowest BCUT2D eigenvalue weighted by Crippen LogP contribution is -2.32. The molecular weight excluding hydrogens is 536 g/mol. The monoisotopic (exact) mass is 550 g/mol. The zero-order valence-electron chi connectivity index (χ0n) is 17.0. The lowest BCUT2D eigenvalue weighted by molar-refractivity contribution is -0.137. The summed E-state index contributed by atoms with van der Waals surface area (Å²) in [4.78, 5) is 18.2. The standard InChI is InChI=1S/C20H15Cl2F3N4O3S2/c21-11-6-12(22)8-13(7-11)34(31,32)28-19-27-15-3-4-29(9-17(15)33-19)16-5-10(20(23,24)25)1-2-14(16)18(26)30/h1-2,5-8H,3-4,9H2,(H2,26,30)(H,27,28). The Hall–Kier alpha value is -2.54. The van der Waals surface area contributed by atoms with Gasteiger partial charge in [-0.25, -0.2) is 13.4 Å². The van der Waals surface area contributed by atoms with Crippen molar-refractivity contribution >= 4 is 61.3 Å². The number of rotatable bonds is 5. The molecule has 0 fully saturated rings. The molecule has 3 N–H and O–H groups in total. The number of nitrogens with zero attached hydrogens (tertiary/aromatic N) is 2. The van der Waals surface area contributed by atoms with Gasteiger partial charge in [0.05, 0.1) is 33.9 Å². The Morgan fingerprint density at radius 2 is 1.82 bits per heavy atom. The zero-order valence-corrected chi connectivity index (χ0v) is 20.1. The zero-order chi connectivity index (χ0) is 24.8. The first kappa shape index (κ1) is 24.6. The van der Waals surface area contributed by atoms with Crippen LogP contribution >= 0.6 is 34.5 Å². The van der Waals surface area contributed by atoms with Gasteiger partial charge in [-0.2, -0.15) is 13.2 Å². The molecule has 0 bridgehead atoms. The van der Waals surface area contributed by atoms with Crippen LogP contribution in [0.5, 0.6) is 0 Å². The Labute approximate surface area is 206 Å². The summed E-state index contributed by atoms with van der Waals surface area (Å²) in [5.74, 6) is -0.854. The summed E-state index contributed by atoms with van der Waals surface area (Å²) in [6.45, 7) is 0.383. The lowest BCUT2D eigenvalue weighted by Gasteiger charge is -2.30. The van der Waals surface area contributed by atoms with Gasteiger partial charge in [-0.15, -0.1) is 0 Å². The van der Waals surface area contributed by atoms with E-state index < -0.39 is 27.7 Å². The van der Waals surface area contributed by atoms with Crippen LogP contribution in [0.4, 0.5) is 24.0 Å². The average molecular weight is 551 g/mol. The number of hydrogen-bond acceptors (Lipinski definition) is 6. The number of aromatic nitrogens is 1. The van der Waals surface area contributed by atoms with E-state index in [1.807, 2.05) is 0 Å². The Kier molecular flexibility index (Phi) is 6.44. The van der Waals surface area contributed by atoms with Gasteiger partial charge in [0, 0.05) is 27.9 Å². The SMILES string of the molecule is NC(=O)c1ccc(C(F)(F)F)cc1N1CCc2nc(NS(=O)(=O)c3cc(Cl)cc(Cl)c3)sc2C1. The number of alkyl halides is 3. The fourth-order valence-corrected chi connectivity index (χ4v) is 6.46. The van der Waals surface area contributed by atoms with Crippen LogP contribution in [0.15, 0.2) is 41.3 Å². The number of carbonyl (C=O) groups is 1. The summed E-state index contributed by atoms with van der Waals surface area (Å²) in [5.41, 5.74) is 5.08. The molecule has 0 spiro atoms. The van der Waals surface area contributed by atoms with Crippen LogP contribution in [-0.2, 0) is 29.2 Å². The molecule has 0 unspecified atom stereocenters. The fraction of sp³-hybridized carbons (Fsp3) is 0.200. The van der Waals surface area contributed by atoms with Gasteiger partial charge in [0.2, 0.25) is 0 Å². The molecule has 1 aliphatic heterocycles. The maximum absolute atomic E-state index is 13.2. The van der Waals surface area contributed by atoms with Crippen molar-refractivity contribution in [3.63, 3.8) is 0 Å². The number of hydrogen-bond donors (Lipinski definition) is 2. The van der Waals surface area contributed by atoms with E-state index >= 15 is 0 Å². The first-order valence-electron chi connectivity index (χ1n) is 9.57. The summed E-state index contributed by atoms with van der Waals surface area (Å²) in [7, 11) is -4.03. The fourth-order valence-electron chi connectivity index (χ4n) is 3.48. The number of amides is 1. The summed E-state index contributed by atoms with van der Waals surface area (Å²) >= 11 is 12.8. The smallest absolute Gasteiger partial charge is 0.366 e. The van der Waals surface area contributed by atoms with Gasteiger partial charge >= 0.3 is 6.18 Å². The highest BCUT2D eigenvalue weighted by molar-refractivity contribution is 7.93. The van der Waals surface area contributed by atoms with Crippen molar-refractivity contribution in [3.05, 3.63) is 68.1 Å². The van der Waals surface area contributed by atoms with Crippen molar-refractivity contribution in [2.45, 2.75) is 24.0 Å². The maximum atomic E-state index is 13.2. The van der Waals surface area contributed by atoms with E-state index in [4.69, 9.17) is 28.9 Å². The minimum Gasteiger partial charge on any atom is -0.366 e. The van der Waals surface area contributed by atoms with Crippen molar-refractivity contribution in [2.24, 2.45) is 5.73 Å². The van der Waals surface area contributed by atoms with Crippen molar-refractivity contribution in [3.8, 4) is 0 Å². The molecular formula is C20H15Cl2F3N4O3S2. The molecule has 0 atom stereocenters. The molecule has 14 heteroatoms. The highest BCUT2D eigenvalue weighted by Crippen LogP contribution is 2.37. The topological polar surface area (TPSA) is 105 Å². The predicted molar refractivity (Wildman–Crippen MR) is 124 cm³/mol.